The molecule has 1 N–H and O–H groups in total. The summed E-state index contributed by atoms with van der Waals surface area (Å²) in [7, 11) is 0. The number of likely N-dealkylation sites (tertiary alicyclic amines) is 1. The van der Waals surface area contributed by atoms with Gasteiger partial charge in [-0.3, -0.25) is 14.3 Å². The molecule has 4 rings (SSSR count). The van der Waals surface area contributed by atoms with Crippen molar-refractivity contribution in [1.82, 2.24) is 14.7 Å². The highest BCUT2D eigenvalue weighted by Crippen LogP contribution is 2.18. The van der Waals surface area contributed by atoms with Crippen LogP contribution in [0.25, 0.3) is 0 Å². The van der Waals surface area contributed by atoms with Gasteiger partial charge in [0.15, 0.2) is 0 Å². The Bertz CT molecular complexity index is 980. The molecule has 2 heterocycles. The zero-order valence-corrected chi connectivity index (χ0v) is 16.3. The molecule has 2 amide bonds. The van der Waals surface area contributed by atoms with Crippen LogP contribution in [0.5, 0.6) is 0 Å². The third-order valence-corrected chi connectivity index (χ3v) is 5.10. The van der Waals surface area contributed by atoms with Crippen molar-refractivity contribution in [3.63, 3.8) is 0 Å². The number of carbonyl (C=O) groups is 2. The topological polar surface area (TPSA) is 67.2 Å². The van der Waals surface area contributed by atoms with Crippen molar-refractivity contribution in [3.8, 4) is 0 Å². The predicted molar refractivity (Wildman–Crippen MR) is 111 cm³/mol. The number of nitrogens with zero attached hydrogens (tertiary/aromatic N) is 3. The van der Waals surface area contributed by atoms with Gasteiger partial charge in [-0.2, -0.15) is 5.10 Å². The lowest BCUT2D eigenvalue weighted by molar-refractivity contribution is -0.133. The highest BCUT2D eigenvalue weighted by atomic mass is 16.2. The molecule has 0 saturated carbocycles. The number of amides is 2. The summed E-state index contributed by atoms with van der Waals surface area (Å²) in [6.45, 7) is 2.07. The molecule has 1 aromatic heterocycles. The van der Waals surface area contributed by atoms with Crippen molar-refractivity contribution < 1.29 is 9.59 Å². The molecule has 29 heavy (non-hydrogen) atoms. The standard InChI is InChI=1S/C23H24N4O2/c28-22-7-1-2-13-26(22)16-19-5-3-6-21(15-19)25-23(29)20-10-8-18(9-11-20)17-27-14-4-12-24-27/h3-6,8-12,14-15H,1-2,7,13,16-17H2,(H,25,29). The van der Waals surface area contributed by atoms with E-state index >= 15 is 0 Å². The van der Waals surface area contributed by atoms with Crippen molar-refractivity contribution in [1.29, 1.82) is 0 Å². The molecular weight excluding hydrogens is 364 g/mol. The number of aromatic nitrogens is 2. The number of piperidine rings is 1. The molecule has 1 aliphatic rings. The summed E-state index contributed by atoms with van der Waals surface area (Å²) in [6, 6.07) is 17.1. The molecule has 0 bridgehead atoms. The summed E-state index contributed by atoms with van der Waals surface area (Å²) >= 11 is 0. The van der Waals surface area contributed by atoms with E-state index in [0.717, 1.165) is 36.2 Å². The van der Waals surface area contributed by atoms with Gasteiger partial charge in [0.2, 0.25) is 5.91 Å². The largest absolute Gasteiger partial charge is 0.338 e. The predicted octanol–water partition coefficient (Wildman–Crippen LogP) is 3.70. The minimum atomic E-state index is -0.151. The molecule has 6 heteroatoms. The fraction of sp³-hybridized carbons (Fsp3) is 0.261. The lowest BCUT2D eigenvalue weighted by atomic mass is 10.1. The summed E-state index contributed by atoms with van der Waals surface area (Å²) in [5.74, 6) is 0.0581. The van der Waals surface area contributed by atoms with Crippen LogP contribution in [0.15, 0.2) is 67.0 Å². The van der Waals surface area contributed by atoms with Crippen LogP contribution >= 0.6 is 0 Å². The fourth-order valence-electron chi connectivity index (χ4n) is 3.54. The van der Waals surface area contributed by atoms with Gasteiger partial charge in [-0.15, -0.1) is 0 Å². The lowest BCUT2D eigenvalue weighted by Gasteiger charge is -2.26. The van der Waals surface area contributed by atoms with Crippen LogP contribution in [0.1, 0.15) is 40.7 Å². The van der Waals surface area contributed by atoms with Crippen LogP contribution in [0.3, 0.4) is 0 Å². The van der Waals surface area contributed by atoms with E-state index in [0.29, 0.717) is 25.1 Å². The molecule has 148 valence electrons. The van der Waals surface area contributed by atoms with E-state index in [4.69, 9.17) is 0 Å². The molecule has 0 aliphatic carbocycles. The van der Waals surface area contributed by atoms with Gasteiger partial charge in [0.05, 0.1) is 6.54 Å². The van der Waals surface area contributed by atoms with Crippen molar-refractivity contribution in [2.75, 3.05) is 11.9 Å². The summed E-state index contributed by atoms with van der Waals surface area (Å²) < 4.78 is 1.84. The molecule has 1 aliphatic heterocycles. The number of nitrogens with one attached hydrogen (secondary N) is 1. The van der Waals surface area contributed by atoms with Crippen molar-refractivity contribution >= 4 is 17.5 Å². The van der Waals surface area contributed by atoms with Gasteiger partial charge in [-0.05, 0) is 54.3 Å². The first-order chi connectivity index (χ1) is 14.2. The van der Waals surface area contributed by atoms with E-state index in [-0.39, 0.29) is 11.8 Å². The quantitative estimate of drug-likeness (QED) is 0.700. The average Bonchev–Trinajstić information content (AvgIpc) is 3.24. The van der Waals surface area contributed by atoms with Crippen LogP contribution in [0, 0.1) is 0 Å². The SMILES string of the molecule is O=C(Nc1cccc(CN2CCCCC2=O)c1)c1ccc(Cn2cccn2)cc1. The van der Waals surface area contributed by atoms with E-state index < -0.39 is 0 Å². The Balaban J connectivity index is 1.38. The van der Waals surface area contributed by atoms with Crippen LogP contribution in [0.2, 0.25) is 0 Å². The molecule has 0 radical (unpaired) electrons. The van der Waals surface area contributed by atoms with Gasteiger partial charge in [-0.25, -0.2) is 0 Å². The highest BCUT2D eigenvalue weighted by Gasteiger charge is 2.18. The van der Waals surface area contributed by atoms with E-state index in [1.165, 1.54) is 0 Å². The number of carbonyl (C=O) groups excluding carboxylic acids is 2. The highest BCUT2D eigenvalue weighted by molar-refractivity contribution is 6.04. The molecule has 0 unspecified atom stereocenters. The maximum atomic E-state index is 12.6. The fourth-order valence-corrected chi connectivity index (χ4v) is 3.54. The van der Waals surface area contributed by atoms with Crippen molar-refractivity contribution in [2.45, 2.75) is 32.4 Å². The minimum Gasteiger partial charge on any atom is -0.338 e. The molecule has 1 fully saturated rings. The Hall–Kier alpha value is -3.41. The molecular formula is C23H24N4O2. The Morgan fingerprint density at radius 1 is 1.00 bits per heavy atom. The zero-order valence-electron chi connectivity index (χ0n) is 16.3. The van der Waals surface area contributed by atoms with Crippen LogP contribution in [0.4, 0.5) is 5.69 Å². The number of anilines is 1. The molecule has 3 aromatic rings. The Morgan fingerprint density at radius 2 is 1.86 bits per heavy atom. The number of hydrogen-bond acceptors (Lipinski definition) is 3. The van der Waals surface area contributed by atoms with Gasteiger partial charge in [0.25, 0.3) is 5.91 Å². The van der Waals surface area contributed by atoms with Gasteiger partial charge in [0.1, 0.15) is 0 Å². The monoisotopic (exact) mass is 388 g/mol. The van der Waals surface area contributed by atoms with Crippen LogP contribution in [-0.2, 0) is 17.9 Å². The Morgan fingerprint density at radius 3 is 2.62 bits per heavy atom. The number of benzene rings is 2. The first kappa shape index (κ1) is 18.9. The van der Waals surface area contributed by atoms with E-state index in [9.17, 15) is 9.59 Å². The second kappa shape index (κ2) is 8.73. The second-order valence-corrected chi connectivity index (χ2v) is 7.33. The third kappa shape index (κ3) is 4.90. The summed E-state index contributed by atoms with van der Waals surface area (Å²) in [5.41, 5.74) is 3.44. The smallest absolute Gasteiger partial charge is 0.255 e. The summed E-state index contributed by atoms with van der Waals surface area (Å²) in [6.07, 6.45) is 6.32. The normalized spacial score (nSPS) is 14.1. The molecule has 0 spiro atoms. The van der Waals surface area contributed by atoms with Crippen molar-refractivity contribution in [3.05, 3.63) is 83.7 Å². The maximum absolute atomic E-state index is 12.6. The maximum Gasteiger partial charge on any atom is 0.255 e. The van der Waals surface area contributed by atoms with E-state index in [1.54, 1.807) is 6.20 Å². The van der Waals surface area contributed by atoms with E-state index in [2.05, 4.69) is 10.4 Å². The lowest BCUT2D eigenvalue weighted by Crippen LogP contribution is -2.34. The summed E-state index contributed by atoms with van der Waals surface area (Å²) in [5, 5.41) is 7.14. The molecule has 1 saturated heterocycles. The number of rotatable bonds is 6. The van der Waals surface area contributed by atoms with Crippen LogP contribution < -0.4 is 5.32 Å². The Labute approximate surface area is 170 Å². The molecule has 0 atom stereocenters. The molecule has 2 aromatic carbocycles. The first-order valence-corrected chi connectivity index (χ1v) is 9.92. The first-order valence-electron chi connectivity index (χ1n) is 9.92. The zero-order chi connectivity index (χ0) is 20.1. The Kier molecular flexibility index (Phi) is 5.70. The third-order valence-electron chi connectivity index (χ3n) is 5.10. The van der Waals surface area contributed by atoms with Gasteiger partial charge >= 0.3 is 0 Å². The summed E-state index contributed by atoms with van der Waals surface area (Å²) in [4.78, 5) is 26.5. The van der Waals surface area contributed by atoms with Crippen molar-refractivity contribution in [2.24, 2.45) is 0 Å². The van der Waals surface area contributed by atoms with Gasteiger partial charge in [-0.1, -0.05) is 24.3 Å². The molecule has 6 nitrogen and oxygen atoms in total. The van der Waals surface area contributed by atoms with E-state index in [1.807, 2.05) is 70.4 Å². The number of hydrogen-bond donors (Lipinski definition) is 1. The van der Waals surface area contributed by atoms with Gasteiger partial charge in [0, 0.05) is 43.2 Å². The van der Waals surface area contributed by atoms with Crippen LogP contribution in [-0.4, -0.2) is 33.0 Å². The minimum absolute atomic E-state index is 0.151. The second-order valence-electron chi connectivity index (χ2n) is 7.33. The van der Waals surface area contributed by atoms with Gasteiger partial charge < -0.3 is 10.2 Å². The average molecular weight is 388 g/mol.